The van der Waals surface area contributed by atoms with E-state index < -0.39 is 22.0 Å². The quantitative estimate of drug-likeness (QED) is 0.765. The Morgan fingerprint density at radius 1 is 1.53 bits per heavy atom. The number of nitrogens with one attached hydrogen (secondary N) is 1. The van der Waals surface area contributed by atoms with Gasteiger partial charge in [0.1, 0.15) is 11.6 Å². The summed E-state index contributed by atoms with van der Waals surface area (Å²) in [6.45, 7) is -0.0385. The second-order valence-electron chi connectivity index (χ2n) is 3.62. The number of halogens is 1. The third kappa shape index (κ3) is 4.79. The molecule has 0 amide bonds. The summed E-state index contributed by atoms with van der Waals surface area (Å²) in [5.74, 6) is -1.09. The maximum atomic E-state index is 12.6. The van der Waals surface area contributed by atoms with E-state index in [9.17, 15) is 17.6 Å². The summed E-state index contributed by atoms with van der Waals surface area (Å²) in [6.07, 6.45) is 0.830. The number of aromatic nitrogens is 1. The zero-order valence-corrected chi connectivity index (χ0v) is 11.3. The molecule has 0 fully saturated rings. The van der Waals surface area contributed by atoms with E-state index in [-0.39, 0.29) is 18.8 Å². The van der Waals surface area contributed by atoms with Gasteiger partial charge in [-0.05, 0) is 12.1 Å². The number of nitrogens with zero attached hydrogens (tertiary/aromatic N) is 2. The van der Waals surface area contributed by atoms with Gasteiger partial charge in [-0.3, -0.25) is 9.52 Å². The smallest absolute Gasteiger partial charge is 0.306 e. The second kappa shape index (κ2) is 6.43. The first-order valence-electron chi connectivity index (χ1n) is 5.27. The normalized spacial score (nSPS) is 11.4. The molecule has 7 nitrogen and oxygen atoms in total. The standard InChI is InChI=1S/C10H14FN3O4S/c1-14(6-5-10(15)18-2)19(16,17)13-9-4-3-8(11)7-12-9/h3-4,7H,5-6H2,1-2H3,(H,12,13). The van der Waals surface area contributed by atoms with Crippen molar-refractivity contribution in [1.82, 2.24) is 9.29 Å². The minimum Gasteiger partial charge on any atom is -0.469 e. The molecular weight excluding hydrogens is 277 g/mol. The van der Waals surface area contributed by atoms with Crippen molar-refractivity contribution in [3.8, 4) is 0 Å². The van der Waals surface area contributed by atoms with Crippen LogP contribution in [0.4, 0.5) is 10.2 Å². The van der Waals surface area contributed by atoms with Gasteiger partial charge in [0.15, 0.2) is 0 Å². The van der Waals surface area contributed by atoms with Gasteiger partial charge in [-0.1, -0.05) is 0 Å². The number of hydrogen-bond donors (Lipinski definition) is 1. The summed E-state index contributed by atoms with van der Waals surface area (Å²) in [5.41, 5.74) is 0. The first-order valence-corrected chi connectivity index (χ1v) is 6.71. The number of carbonyl (C=O) groups is 1. The molecule has 19 heavy (non-hydrogen) atoms. The Labute approximate surface area is 110 Å². The van der Waals surface area contributed by atoms with Crippen molar-refractivity contribution in [2.45, 2.75) is 6.42 Å². The lowest BCUT2D eigenvalue weighted by Crippen LogP contribution is -2.34. The Balaban J connectivity index is 2.64. The van der Waals surface area contributed by atoms with Gasteiger partial charge in [-0.15, -0.1) is 0 Å². The Morgan fingerprint density at radius 3 is 2.74 bits per heavy atom. The molecule has 1 rings (SSSR count). The maximum Gasteiger partial charge on any atom is 0.306 e. The predicted molar refractivity (Wildman–Crippen MR) is 66.0 cm³/mol. The number of ether oxygens (including phenoxy) is 1. The topological polar surface area (TPSA) is 88.6 Å². The van der Waals surface area contributed by atoms with E-state index in [1.165, 1.54) is 20.2 Å². The number of carbonyl (C=O) groups excluding carboxylic acids is 1. The van der Waals surface area contributed by atoms with Crippen LogP contribution in [0.25, 0.3) is 0 Å². The molecule has 106 valence electrons. The molecule has 0 spiro atoms. The van der Waals surface area contributed by atoms with Crippen LogP contribution in [-0.2, 0) is 19.7 Å². The fourth-order valence-corrected chi connectivity index (χ4v) is 1.99. The number of rotatable bonds is 6. The van der Waals surface area contributed by atoms with E-state index in [0.717, 1.165) is 16.6 Å². The Kier molecular flexibility index (Phi) is 5.19. The molecule has 0 aliphatic heterocycles. The lowest BCUT2D eigenvalue weighted by molar-refractivity contribution is -0.140. The van der Waals surface area contributed by atoms with E-state index in [2.05, 4.69) is 14.4 Å². The zero-order valence-electron chi connectivity index (χ0n) is 10.5. The van der Waals surface area contributed by atoms with E-state index in [1.807, 2.05) is 0 Å². The van der Waals surface area contributed by atoms with Crippen LogP contribution < -0.4 is 4.72 Å². The molecule has 1 heterocycles. The third-order valence-corrected chi connectivity index (χ3v) is 3.70. The number of hydrogen-bond acceptors (Lipinski definition) is 5. The molecule has 0 aliphatic carbocycles. The molecule has 0 unspecified atom stereocenters. The molecule has 0 atom stereocenters. The van der Waals surface area contributed by atoms with E-state index in [4.69, 9.17) is 0 Å². The van der Waals surface area contributed by atoms with Gasteiger partial charge in [-0.2, -0.15) is 12.7 Å². The van der Waals surface area contributed by atoms with Gasteiger partial charge < -0.3 is 4.74 Å². The summed E-state index contributed by atoms with van der Waals surface area (Å²) in [4.78, 5) is 14.5. The Hall–Kier alpha value is -1.74. The first kappa shape index (κ1) is 15.3. The highest BCUT2D eigenvalue weighted by Gasteiger charge is 2.19. The van der Waals surface area contributed by atoms with Crippen LogP contribution in [0.15, 0.2) is 18.3 Å². The van der Waals surface area contributed by atoms with Gasteiger partial charge in [0.25, 0.3) is 0 Å². The number of anilines is 1. The number of pyridine rings is 1. The van der Waals surface area contributed by atoms with Crippen LogP contribution in [0, 0.1) is 5.82 Å². The molecule has 0 aliphatic rings. The monoisotopic (exact) mass is 291 g/mol. The molecule has 0 radical (unpaired) electrons. The lowest BCUT2D eigenvalue weighted by atomic mass is 10.4. The third-order valence-electron chi connectivity index (χ3n) is 2.23. The van der Waals surface area contributed by atoms with Crippen molar-refractivity contribution >= 4 is 22.0 Å². The van der Waals surface area contributed by atoms with Gasteiger partial charge in [0, 0.05) is 13.6 Å². The summed E-state index contributed by atoms with van der Waals surface area (Å²) < 4.78 is 43.8. The van der Waals surface area contributed by atoms with Crippen LogP contribution >= 0.6 is 0 Å². The molecule has 1 aromatic rings. The van der Waals surface area contributed by atoms with Gasteiger partial charge in [0.2, 0.25) is 0 Å². The number of methoxy groups -OCH3 is 1. The minimum atomic E-state index is -3.84. The molecular formula is C10H14FN3O4S. The SMILES string of the molecule is COC(=O)CCN(C)S(=O)(=O)Nc1ccc(F)cn1. The molecule has 0 aromatic carbocycles. The van der Waals surface area contributed by atoms with Crippen molar-refractivity contribution < 1.29 is 22.3 Å². The zero-order chi connectivity index (χ0) is 14.5. The van der Waals surface area contributed by atoms with Crippen molar-refractivity contribution in [3.05, 3.63) is 24.1 Å². The molecule has 0 saturated carbocycles. The summed E-state index contributed by atoms with van der Waals surface area (Å²) in [5, 5.41) is 0. The summed E-state index contributed by atoms with van der Waals surface area (Å²) in [7, 11) is -1.32. The average molecular weight is 291 g/mol. The van der Waals surface area contributed by atoms with Crippen LogP contribution in [0.3, 0.4) is 0 Å². The first-order chi connectivity index (χ1) is 8.85. The lowest BCUT2D eigenvalue weighted by Gasteiger charge is -2.17. The molecule has 1 aromatic heterocycles. The van der Waals surface area contributed by atoms with Crippen molar-refractivity contribution in [3.63, 3.8) is 0 Å². The van der Waals surface area contributed by atoms with Crippen molar-refractivity contribution in [2.24, 2.45) is 0 Å². The fourth-order valence-electron chi connectivity index (χ4n) is 1.12. The highest BCUT2D eigenvalue weighted by molar-refractivity contribution is 7.90. The van der Waals surface area contributed by atoms with Gasteiger partial charge >= 0.3 is 16.2 Å². The minimum absolute atomic E-state index is 0.00804. The highest BCUT2D eigenvalue weighted by Crippen LogP contribution is 2.08. The molecule has 9 heteroatoms. The Morgan fingerprint density at radius 2 is 2.21 bits per heavy atom. The van der Waals surface area contributed by atoms with Crippen LogP contribution in [0.2, 0.25) is 0 Å². The fraction of sp³-hybridized carbons (Fsp3) is 0.400. The van der Waals surface area contributed by atoms with Crippen molar-refractivity contribution in [1.29, 1.82) is 0 Å². The van der Waals surface area contributed by atoms with Crippen molar-refractivity contribution in [2.75, 3.05) is 25.4 Å². The van der Waals surface area contributed by atoms with Crippen LogP contribution in [-0.4, -0.2) is 44.4 Å². The largest absolute Gasteiger partial charge is 0.469 e. The predicted octanol–water partition coefficient (Wildman–Crippen LogP) is 0.372. The average Bonchev–Trinajstić information content (AvgIpc) is 2.37. The molecule has 0 bridgehead atoms. The summed E-state index contributed by atoms with van der Waals surface area (Å²) >= 11 is 0. The van der Waals surface area contributed by atoms with E-state index in [0.29, 0.717) is 0 Å². The van der Waals surface area contributed by atoms with Crippen LogP contribution in [0.5, 0.6) is 0 Å². The highest BCUT2D eigenvalue weighted by atomic mass is 32.2. The van der Waals surface area contributed by atoms with Crippen LogP contribution in [0.1, 0.15) is 6.42 Å². The van der Waals surface area contributed by atoms with Gasteiger partial charge in [0.05, 0.1) is 19.7 Å². The molecule has 1 N–H and O–H groups in total. The van der Waals surface area contributed by atoms with Gasteiger partial charge in [-0.25, -0.2) is 9.37 Å². The van der Waals surface area contributed by atoms with E-state index in [1.54, 1.807) is 0 Å². The Bertz CT molecular complexity index is 532. The number of esters is 1. The maximum absolute atomic E-state index is 12.6. The summed E-state index contributed by atoms with van der Waals surface area (Å²) in [6, 6.07) is 2.28. The van der Waals surface area contributed by atoms with E-state index >= 15 is 0 Å². The second-order valence-corrected chi connectivity index (χ2v) is 5.39. The molecule has 0 saturated heterocycles.